The highest BCUT2D eigenvalue weighted by Crippen LogP contribution is 2.24. The van der Waals surface area contributed by atoms with Gasteiger partial charge in [-0.1, -0.05) is 17.7 Å². The van der Waals surface area contributed by atoms with E-state index in [-0.39, 0.29) is 23.5 Å². The molecule has 0 aliphatic carbocycles. The minimum absolute atomic E-state index is 0.0400. The van der Waals surface area contributed by atoms with Gasteiger partial charge in [-0.2, -0.15) is 0 Å². The highest BCUT2D eigenvalue weighted by atomic mass is 35.5. The van der Waals surface area contributed by atoms with E-state index >= 15 is 0 Å². The second-order valence-electron chi connectivity index (χ2n) is 3.18. The standard InChI is InChI=1S/C11H15ClFNO2/c1-2-15-8(6-14)7-16-10-5-3-4-9(12)11(10)13/h3-5,8H,2,6-7,14H2,1H3. The number of rotatable bonds is 6. The molecule has 16 heavy (non-hydrogen) atoms. The Morgan fingerprint density at radius 3 is 2.88 bits per heavy atom. The van der Waals surface area contributed by atoms with Gasteiger partial charge in [0.15, 0.2) is 11.6 Å². The molecule has 0 aliphatic rings. The smallest absolute Gasteiger partial charge is 0.183 e. The highest BCUT2D eigenvalue weighted by molar-refractivity contribution is 6.30. The van der Waals surface area contributed by atoms with Gasteiger partial charge in [-0.25, -0.2) is 4.39 Å². The molecule has 0 aromatic heterocycles. The van der Waals surface area contributed by atoms with E-state index in [0.29, 0.717) is 13.2 Å². The molecule has 90 valence electrons. The Kier molecular flexibility index (Phi) is 5.52. The van der Waals surface area contributed by atoms with Crippen molar-refractivity contribution in [3.63, 3.8) is 0 Å². The molecule has 0 fully saturated rings. The maximum atomic E-state index is 13.4. The van der Waals surface area contributed by atoms with Crippen molar-refractivity contribution in [3.8, 4) is 5.75 Å². The van der Waals surface area contributed by atoms with E-state index in [4.69, 9.17) is 26.8 Å². The normalized spacial score (nSPS) is 12.5. The van der Waals surface area contributed by atoms with Crippen LogP contribution in [0.5, 0.6) is 5.75 Å². The van der Waals surface area contributed by atoms with Gasteiger partial charge in [-0.15, -0.1) is 0 Å². The first-order valence-corrected chi connectivity index (χ1v) is 5.45. The van der Waals surface area contributed by atoms with Gasteiger partial charge in [0.25, 0.3) is 0 Å². The number of halogens is 2. The summed E-state index contributed by atoms with van der Waals surface area (Å²) in [5, 5.41) is 0.0400. The van der Waals surface area contributed by atoms with Gasteiger partial charge in [0.05, 0.1) is 5.02 Å². The van der Waals surface area contributed by atoms with E-state index in [0.717, 1.165) is 0 Å². The zero-order valence-electron chi connectivity index (χ0n) is 9.08. The quantitative estimate of drug-likeness (QED) is 0.838. The number of hydrogen-bond donors (Lipinski definition) is 1. The summed E-state index contributed by atoms with van der Waals surface area (Å²) in [5.74, 6) is -0.443. The maximum absolute atomic E-state index is 13.4. The van der Waals surface area contributed by atoms with Crippen molar-refractivity contribution >= 4 is 11.6 Å². The molecule has 1 atom stereocenters. The van der Waals surface area contributed by atoms with Gasteiger partial charge >= 0.3 is 0 Å². The molecule has 0 saturated carbocycles. The van der Waals surface area contributed by atoms with Crippen molar-refractivity contribution in [2.45, 2.75) is 13.0 Å². The fraction of sp³-hybridized carbons (Fsp3) is 0.455. The maximum Gasteiger partial charge on any atom is 0.183 e. The first-order chi connectivity index (χ1) is 7.69. The summed E-state index contributed by atoms with van der Waals surface area (Å²) in [7, 11) is 0. The Morgan fingerprint density at radius 1 is 1.50 bits per heavy atom. The van der Waals surface area contributed by atoms with Crippen LogP contribution in [-0.4, -0.2) is 25.9 Å². The van der Waals surface area contributed by atoms with E-state index < -0.39 is 5.82 Å². The van der Waals surface area contributed by atoms with Crippen molar-refractivity contribution in [1.29, 1.82) is 0 Å². The van der Waals surface area contributed by atoms with Crippen LogP contribution in [0.2, 0.25) is 5.02 Å². The van der Waals surface area contributed by atoms with E-state index in [1.54, 1.807) is 6.07 Å². The summed E-state index contributed by atoms with van der Waals surface area (Å²) in [6.07, 6.45) is -0.233. The molecule has 1 aromatic carbocycles. The third-order valence-electron chi connectivity index (χ3n) is 2.01. The van der Waals surface area contributed by atoms with E-state index in [2.05, 4.69) is 0 Å². The summed E-state index contributed by atoms with van der Waals surface area (Å²) < 4.78 is 23.9. The first-order valence-electron chi connectivity index (χ1n) is 5.07. The molecule has 1 rings (SSSR count). The topological polar surface area (TPSA) is 44.5 Å². The predicted octanol–water partition coefficient (Wildman–Crippen LogP) is 2.22. The van der Waals surface area contributed by atoms with E-state index in [9.17, 15) is 4.39 Å². The van der Waals surface area contributed by atoms with Gasteiger partial charge in [0, 0.05) is 13.2 Å². The predicted molar refractivity (Wildman–Crippen MR) is 61.4 cm³/mol. The van der Waals surface area contributed by atoms with Gasteiger partial charge in [-0.3, -0.25) is 0 Å². The highest BCUT2D eigenvalue weighted by Gasteiger charge is 2.11. The molecule has 0 radical (unpaired) electrons. The van der Waals surface area contributed by atoms with Crippen LogP contribution >= 0.6 is 11.6 Å². The van der Waals surface area contributed by atoms with Crippen LogP contribution in [0.4, 0.5) is 4.39 Å². The molecule has 0 amide bonds. The lowest BCUT2D eigenvalue weighted by Crippen LogP contribution is -2.30. The fourth-order valence-corrected chi connectivity index (χ4v) is 1.36. The average Bonchev–Trinajstić information content (AvgIpc) is 2.29. The Bertz CT molecular complexity index is 336. The molecule has 0 spiro atoms. The molecule has 1 aromatic rings. The Labute approximate surface area is 99.3 Å². The third kappa shape index (κ3) is 3.63. The Balaban J connectivity index is 2.56. The third-order valence-corrected chi connectivity index (χ3v) is 2.30. The molecule has 1 unspecified atom stereocenters. The zero-order chi connectivity index (χ0) is 12.0. The second kappa shape index (κ2) is 6.68. The summed E-state index contributed by atoms with van der Waals surface area (Å²) in [6.45, 7) is 2.95. The second-order valence-corrected chi connectivity index (χ2v) is 3.58. The van der Waals surface area contributed by atoms with Crippen LogP contribution in [0.1, 0.15) is 6.92 Å². The molecule has 0 aliphatic heterocycles. The molecule has 2 N–H and O–H groups in total. The molecule has 5 heteroatoms. The van der Waals surface area contributed by atoms with Crippen molar-refractivity contribution < 1.29 is 13.9 Å². The van der Waals surface area contributed by atoms with Crippen LogP contribution in [0, 0.1) is 5.82 Å². The van der Waals surface area contributed by atoms with E-state index in [1.165, 1.54) is 12.1 Å². The number of hydrogen-bond acceptors (Lipinski definition) is 3. The summed E-state index contributed by atoms with van der Waals surface area (Å²) >= 11 is 5.61. The lowest BCUT2D eigenvalue weighted by Gasteiger charge is -2.16. The molecule has 0 heterocycles. The summed E-state index contributed by atoms with van der Waals surface area (Å²) in [6, 6.07) is 4.60. The molecule has 0 saturated heterocycles. The van der Waals surface area contributed by atoms with Crippen molar-refractivity contribution in [3.05, 3.63) is 29.0 Å². The van der Waals surface area contributed by atoms with Crippen LogP contribution in [0.25, 0.3) is 0 Å². The molecular weight excluding hydrogens is 233 g/mol. The largest absolute Gasteiger partial charge is 0.488 e. The van der Waals surface area contributed by atoms with Crippen molar-refractivity contribution in [1.82, 2.24) is 0 Å². The van der Waals surface area contributed by atoms with Crippen LogP contribution in [0.3, 0.4) is 0 Å². The number of ether oxygens (including phenoxy) is 2. The van der Waals surface area contributed by atoms with Crippen molar-refractivity contribution in [2.24, 2.45) is 5.73 Å². The monoisotopic (exact) mass is 247 g/mol. The number of nitrogens with two attached hydrogens (primary N) is 1. The van der Waals surface area contributed by atoms with E-state index in [1.807, 2.05) is 6.92 Å². The molecular formula is C11H15ClFNO2. The van der Waals surface area contributed by atoms with Gasteiger partial charge in [0.2, 0.25) is 0 Å². The van der Waals surface area contributed by atoms with Crippen LogP contribution in [0.15, 0.2) is 18.2 Å². The minimum atomic E-state index is -0.559. The van der Waals surface area contributed by atoms with Crippen LogP contribution in [-0.2, 0) is 4.74 Å². The number of benzene rings is 1. The Hall–Kier alpha value is -0.840. The van der Waals surface area contributed by atoms with Gasteiger partial charge in [-0.05, 0) is 19.1 Å². The molecule has 3 nitrogen and oxygen atoms in total. The zero-order valence-corrected chi connectivity index (χ0v) is 9.84. The lowest BCUT2D eigenvalue weighted by molar-refractivity contribution is 0.0327. The van der Waals surface area contributed by atoms with Crippen molar-refractivity contribution in [2.75, 3.05) is 19.8 Å². The van der Waals surface area contributed by atoms with Gasteiger partial charge < -0.3 is 15.2 Å². The lowest BCUT2D eigenvalue weighted by atomic mass is 10.3. The Morgan fingerprint density at radius 2 is 2.25 bits per heavy atom. The molecule has 0 bridgehead atoms. The summed E-state index contributed by atoms with van der Waals surface area (Å²) in [4.78, 5) is 0. The van der Waals surface area contributed by atoms with Gasteiger partial charge in [0.1, 0.15) is 12.7 Å². The van der Waals surface area contributed by atoms with Crippen LogP contribution < -0.4 is 10.5 Å². The summed E-state index contributed by atoms with van der Waals surface area (Å²) in [5.41, 5.74) is 5.47. The first kappa shape index (κ1) is 13.2. The average molecular weight is 248 g/mol. The SMILES string of the molecule is CCOC(CN)COc1cccc(Cl)c1F. The fourth-order valence-electron chi connectivity index (χ4n) is 1.20. The minimum Gasteiger partial charge on any atom is -0.488 e.